The lowest BCUT2D eigenvalue weighted by Gasteiger charge is -2.13. The number of fused-ring (bicyclic) bond motifs is 1. The van der Waals surface area contributed by atoms with Crippen LogP contribution in [0.25, 0.3) is 0 Å². The van der Waals surface area contributed by atoms with Crippen LogP contribution in [-0.4, -0.2) is 7.11 Å². The molecule has 0 saturated carbocycles. The molecule has 104 valence electrons. The van der Waals surface area contributed by atoms with Crippen molar-refractivity contribution in [1.82, 2.24) is 0 Å². The minimum atomic E-state index is -0.324. The Labute approximate surface area is 126 Å². The third kappa shape index (κ3) is 2.47. The van der Waals surface area contributed by atoms with Gasteiger partial charge in [-0.05, 0) is 53.6 Å². The van der Waals surface area contributed by atoms with E-state index >= 15 is 0 Å². The van der Waals surface area contributed by atoms with Gasteiger partial charge in [0.2, 0.25) is 0 Å². The van der Waals surface area contributed by atoms with Crippen LogP contribution in [0.3, 0.4) is 0 Å². The van der Waals surface area contributed by atoms with Crippen LogP contribution in [0.1, 0.15) is 33.5 Å². The summed E-state index contributed by atoms with van der Waals surface area (Å²) in [7, 11) is 1.48. The van der Waals surface area contributed by atoms with E-state index in [1.54, 1.807) is 6.07 Å². The highest BCUT2D eigenvalue weighted by Gasteiger charge is 2.16. The minimum Gasteiger partial charge on any atom is -0.494 e. The lowest BCUT2D eigenvalue weighted by Crippen LogP contribution is -1.97. The number of hydrogen-bond acceptors (Lipinski definition) is 1. The molecule has 0 spiro atoms. The highest BCUT2D eigenvalue weighted by molar-refractivity contribution is 9.09. The molecule has 0 heterocycles. The maximum Gasteiger partial charge on any atom is 0.165 e. The van der Waals surface area contributed by atoms with Gasteiger partial charge in [0.25, 0.3) is 0 Å². The van der Waals surface area contributed by atoms with Crippen molar-refractivity contribution in [3.05, 3.63) is 64.5 Å². The summed E-state index contributed by atoms with van der Waals surface area (Å²) in [6.07, 6.45) is 3.57. The molecular weight excluding hydrogens is 319 g/mol. The van der Waals surface area contributed by atoms with Gasteiger partial charge >= 0.3 is 0 Å². The summed E-state index contributed by atoms with van der Waals surface area (Å²) in [5.41, 5.74) is 4.96. The summed E-state index contributed by atoms with van der Waals surface area (Å²) < 4.78 is 18.8. The van der Waals surface area contributed by atoms with Crippen molar-refractivity contribution in [2.75, 3.05) is 7.11 Å². The van der Waals surface area contributed by atoms with Crippen LogP contribution in [-0.2, 0) is 12.8 Å². The molecule has 2 aromatic rings. The van der Waals surface area contributed by atoms with Gasteiger partial charge in [-0.15, -0.1) is 0 Å². The lowest BCUT2D eigenvalue weighted by molar-refractivity contribution is 0.386. The van der Waals surface area contributed by atoms with Crippen LogP contribution in [0, 0.1) is 5.82 Å². The first kappa shape index (κ1) is 13.6. The lowest BCUT2D eigenvalue weighted by atomic mass is 10.0. The van der Waals surface area contributed by atoms with Crippen molar-refractivity contribution in [1.29, 1.82) is 0 Å². The van der Waals surface area contributed by atoms with Crippen LogP contribution in [0.2, 0.25) is 0 Å². The number of alkyl halides is 1. The fourth-order valence-corrected chi connectivity index (χ4v) is 3.35. The van der Waals surface area contributed by atoms with Gasteiger partial charge in [-0.2, -0.15) is 0 Å². The number of rotatable bonds is 3. The first-order valence-corrected chi connectivity index (χ1v) is 7.70. The average molecular weight is 335 g/mol. The van der Waals surface area contributed by atoms with E-state index in [-0.39, 0.29) is 16.4 Å². The van der Waals surface area contributed by atoms with E-state index in [9.17, 15) is 4.39 Å². The molecule has 0 saturated heterocycles. The van der Waals surface area contributed by atoms with Crippen LogP contribution >= 0.6 is 15.9 Å². The Morgan fingerprint density at radius 2 is 1.75 bits per heavy atom. The standard InChI is InChI=1S/C17H16BrFO/c1-20-16-8-7-14(10-15(16)19)17(18)13-6-5-11-3-2-4-12(11)9-13/h5-10,17H,2-4H2,1H3. The second kappa shape index (κ2) is 5.57. The highest BCUT2D eigenvalue weighted by Crippen LogP contribution is 2.35. The molecule has 1 atom stereocenters. The topological polar surface area (TPSA) is 9.23 Å². The van der Waals surface area contributed by atoms with E-state index in [2.05, 4.69) is 34.1 Å². The van der Waals surface area contributed by atoms with E-state index in [1.807, 2.05) is 6.07 Å². The van der Waals surface area contributed by atoms with Crippen molar-refractivity contribution in [3.8, 4) is 5.75 Å². The number of ether oxygens (including phenoxy) is 1. The largest absolute Gasteiger partial charge is 0.494 e. The van der Waals surface area contributed by atoms with E-state index in [4.69, 9.17) is 4.74 Å². The van der Waals surface area contributed by atoms with Crippen LogP contribution in [0.15, 0.2) is 36.4 Å². The quantitative estimate of drug-likeness (QED) is 0.732. The zero-order chi connectivity index (χ0) is 14.1. The molecule has 1 unspecified atom stereocenters. The van der Waals surface area contributed by atoms with Gasteiger partial charge in [0.05, 0.1) is 11.9 Å². The fraction of sp³-hybridized carbons (Fsp3) is 0.294. The second-order valence-corrected chi connectivity index (χ2v) is 6.05. The number of benzene rings is 2. The maximum absolute atomic E-state index is 13.8. The van der Waals surface area contributed by atoms with E-state index in [1.165, 1.54) is 42.7 Å². The molecule has 0 aromatic heterocycles. The molecular formula is C17H16BrFO. The molecule has 0 bridgehead atoms. The molecule has 0 N–H and O–H groups in total. The molecule has 1 aliphatic rings. The van der Waals surface area contributed by atoms with Crippen molar-refractivity contribution < 1.29 is 9.13 Å². The molecule has 0 aliphatic heterocycles. The van der Waals surface area contributed by atoms with Gasteiger partial charge in [-0.25, -0.2) is 4.39 Å². The molecule has 20 heavy (non-hydrogen) atoms. The monoisotopic (exact) mass is 334 g/mol. The van der Waals surface area contributed by atoms with E-state index in [0.717, 1.165) is 12.0 Å². The first-order valence-electron chi connectivity index (χ1n) is 6.78. The molecule has 2 aromatic carbocycles. The van der Waals surface area contributed by atoms with Crippen LogP contribution in [0.4, 0.5) is 4.39 Å². The fourth-order valence-electron chi connectivity index (χ4n) is 2.78. The molecule has 0 amide bonds. The number of halogens is 2. The zero-order valence-corrected chi connectivity index (χ0v) is 12.9. The average Bonchev–Trinajstić information content (AvgIpc) is 2.93. The number of aryl methyl sites for hydroxylation is 2. The van der Waals surface area contributed by atoms with Crippen molar-refractivity contribution in [2.24, 2.45) is 0 Å². The van der Waals surface area contributed by atoms with Gasteiger partial charge in [-0.3, -0.25) is 0 Å². The number of hydrogen-bond donors (Lipinski definition) is 0. The van der Waals surface area contributed by atoms with Gasteiger partial charge in [0.15, 0.2) is 11.6 Å². The van der Waals surface area contributed by atoms with Crippen molar-refractivity contribution >= 4 is 15.9 Å². The summed E-state index contributed by atoms with van der Waals surface area (Å²) in [6, 6.07) is 11.7. The second-order valence-electron chi connectivity index (χ2n) is 5.14. The van der Waals surface area contributed by atoms with Gasteiger partial charge in [0, 0.05) is 0 Å². The predicted molar refractivity (Wildman–Crippen MR) is 82.2 cm³/mol. The van der Waals surface area contributed by atoms with Gasteiger partial charge in [0.1, 0.15) is 0 Å². The van der Waals surface area contributed by atoms with Crippen molar-refractivity contribution in [3.63, 3.8) is 0 Å². The van der Waals surface area contributed by atoms with Gasteiger partial charge in [-0.1, -0.05) is 40.2 Å². The SMILES string of the molecule is COc1ccc(C(Br)c2ccc3c(c2)CCC3)cc1F. The Hall–Kier alpha value is -1.35. The Kier molecular flexibility index (Phi) is 3.79. The van der Waals surface area contributed by atoms with E-state index < -0.39 is 0 Å². The molecule has 3 heteroatoms. The van der Waals surface area contributed by atoms with E-state index in [0.29, 0.717) is 0 Å². The molecule has 1 aliphatic carbocycles. The molecule has 3 rings (SSSR count). The Morgan fingerprint density at radius 3 is 2.50 bits per heavy atom. The number of methoxy groups -OCH3 is 1. The first-order chi connectivity index (χ1) is 9.69. The molecule has 0 radical (unpaired) electrons. The third-order valence-electron chi connectivity index (χ3n) is 3.88. The molecule has 0 fully saturated rings. The predicted octanol–water partition coefficient (Wildman–Crippen LogP) is 4.81. The summed E-state index contributed by atoms with van der Waals surface area (Å²) in [5, 5.41) is 0. The summed E-state index contributed by atoms with van der Waals surface area (Å²) >= 11 is 3.68. The van der Waals surface area contributed by atoms with Crippen LogP contribution < -0.4 is 4.74 Å². The highest BCUT2D eigenvalue weighted by atomic mass is 79.9. The van der Waals surface area contributed by atoms with Crippen molar-refractivity contribution in [2.45, 2.75) is 24.1 Å². The molecule has 1 nitrogen and oxygen atoms in total. The third-order valence-corrected chi connectivity index (χ3v) is 4.94. The smallest absolute Gasteiger partial charge is 0.165 e. The summed E-state index contributed by atoms with van der Waals surface area (Å²) in [5.74, 6) is -0.0435. The Bertz CT molecular complexity index is 639. The minimum absolute atomic E-state index is 0.00815. The summed E-state index contributed by atoms with van der Waals surface area (Å²) in [6.45, 7) is 0. The normalized spacial score (nSPS) is 14.9. The van der Waals surface area contributed by atoms with Crippen LogP contribution in [0.5, 0.6) is 5.75 Å². The Balaban J connectivity index is 1.92. The summed E-state index contributed by atoms with van der Waals surface area (Å²) in [4.78, 5) is 0.00815. The zero-order valence-electron chi connectivity index (χ0n) is 11.3. The Morgan fingerprint density at radius 1 is 1.05 bits per heavy atom. The van der Waals surface area contributed by atoms with Gasteiger partial charge < -0.3 is 4.74 Å². The maximum atomic E-state index is 13.8.